The molecule has 0 saturated heterocycles. The lowest BCUT2D eigenvalue weighted by Gasteiger charge is -2.02. The van der Waals surface area contributed by atoms with E-state index in [2.05, 4.69) is 0 Å². The maximum absolute atomic E-state index is 10.6. The summed E-state index contributed by atoms with van der Waals surface area (Å²) in [7, 11) is 0. The van der Waals surface area contributed by atoms with Crippen LogP contribution in [0.4, 0.5) is 0 Å². The predicted molar refractivity (Wildman–Crippen MR) is 55.6 cm³/mol. The highest BCUT2D eigenvalue weighted by atomic mass is 127. The molecule has 0 aliphatic carbocycles. The van der Waals surface area contributed by atoms with Gasteiger partial charge in [0.05, 0.1) is 11.1 Å². The molecule has 0 amide bonds. The molecule has 0 aliphatic rings. The molecule has 66 valence electrons. The summed E-state index contributed by atoms with van der Waals surface area (Å²) in [6, 6.07) is 4.91. The second-order valence-electron chi connectivity index (χ2n) is 2.57. The summed E-state index contributed by atoms with van der Waals surface area (Å²) in [5, 5.41) is 17.4. The van der Waals surface area contributed by atoms with E-state index in [1.807, 2.05) is 28.7 Å². The van der Waals surface area contributed by atoms with Gasteiger partial charge < -0.3 is 5.11 Å². The molecule has 4 heteroatoms. The Kier molecular flexibility index (Phi) is 2.88. The molecule has 1 aromatic rings. The molecule has 0 heterocycles. The van der Waals surface area contributed by atoms with Gasteiger partial charge in [0.1, 0.15) is 6.07 Å². The van der Waals surface area contributed by atoms with Gasteiger partial charge in [0.25, 0.3) is 0 Å². The largest absolute Gasteiger partial charge is 0.478 e. The lowest BCUT2D eigenvalue weighted by atomic mass is 10.1. The maximum Gasteiger partial charge on any atom is 0.335 e. The van der Waals surface area contributed by atoms with Crippen LogP contribution in [0.25, 0.3) is 0 Å². The summed E-state index contributed by atoms with van der Waals surface area (Å²) in [5.41, 5.74) is 1.39. The average molecular weight is 287 g/mol. The molecule has 0 unspecified atom stereocenters. The van der Waals surface area contributed by atoms with Crippen molar-refractivity contribution in [1.29, 1.82) is 5.26 Å². The quantitative estimate of drug-likeness (QED) is 0.805. The van der Waals surface area contributed by atoms with Gasteiger partial charge in [-0.1, -0.05) is 0 Å². The first-order valence-corrected chi connectivity index (χ1v) is 4.57. The van der Waals surface area contributed by atoms with Crippen LogP contribution in [0.5, 0.6) is 0 Å². The summed E-state index contributed by atoms with van der Waals surface area (Å²) in [6.45, 7) is 1.79. The SMILES string of the molecule is Cc1cc(C(=O)O)cc(C#N)c1I. The number of nitrogens with zero attached hydrogens (tertiary/aromatic N) is 1. The Hall–Kier alpha value is -1.09. The lowest BCUT2D eigenvalue weighted by molar-refractivity contribution is 0.0696. The van der Waals surface area contributed by atoms with Gasteiger partial charge >= 0.3 is 5.97 Å². The molecular formula is C9H6INO2. The van der Waals surface area contributed by atoms with Gasteiger partial charge in [-0.25, -0.2) is 4.79 Å². The highest BCUT2D eigenvalue weighted by molar-refractivity contribution is 14.1. The molecule has 0 spiro atoms. The Morgan fingerprint density at radius 1 is 1.62 bits per heavy atom. The van der Waals surface area contributed by atoms with Gasteiger partial charge in [-0.15, -0.1) is 0 Å². The van der Waals surface area contributed by atoms with Gasteiger partial charge in [0.2, 0.25) is 0 Å². The second-order valence-corrected chi connectivity index (χ2v) is 3.65. The van der Waals surface area contributed by atoms with Gasteiger partial charge in [-0.05, 0) is 47.2 Å². The van der Waals surface area contributed by atoms with E-state index in [-0.39, 0.29) is 5.56 Å². The minimum absolute atomic E-state index is 0.162. The molecular weight excluding hydrogens is 281 g/mol. The van der Waals surface area contributed by atoms with Crippen LogP contribution in [0.15, 0.2) is 12.1 Å². The van der Waals surface area contributed by atoms with Crippen LogP contribution >= 0.6 is 22.6 Å². The Morgan fingerprint density at radius 2 is 2.23 bits per heavy atom. The number of carboxylic acid groups (broad SMARTS) is 1. The molecule has 0 bridgehead atoms. The Morgan fingerprint density at radius 3 is 2.69 bits per heavy atom. The maximum atomic E-state index is 10.6. The van der Waals surface area contributed by atoms with Crippen molar-refractivity contribution in [3.63, 3.8) is 0 Å². The van der Waals surface area contributed by atoms with Gasteiger partial charge in [-0.3, -0.25) is 0 Å². The Balaban J connectivity index is 3.41. The predicted octanol–water partition coefficient (Wildman–Crippen LogP) is 2.17. The van der Waals surface area contributed by atoms with E-state index in [1.54, 1.807) is 13.0 Å². The molecule has 0 saturated carbocycles. The minimum atomic E-state index is -1.00. The second kappa shape index (κ2) is 3.75. The third kappa shape index (κ3) is 1.98. The van der Waals surface area contributed by atoms with Crippen LogP contribution in [0.3, 0.4) is 0 Å². The highest BCUT2D eigenvalue weighted by Gasteiger charge is 2.09. The fourth-order valence-electron chi connectivity index (χ4n) is 0.974. The topological polar surface area (TPSA) is 61.1 Å². The number of carboxylic acids is 1. The fourth-order valence-corrected chi connectivity index (χ4v) is 1.41. The molecule has 1 N–H and O–H groups in total. The number of nitriles is 1. The molecule has 0 radical (unpaired) electrons. The summed E-state index contributed by atoms with van der Waals surface area (Å²) in [6.07, 6.45) is 0. The standard InChI is InChI=1S/C9H6INO2/c1-5-2-6(9(12)13)3-7(4-11)8(5)10/h2-3H,1H3,(H,12,13). The summed E-state index contributed by atoms with van der Waals surface area (Å²) in [4.78, 5) is 10.6. The van der Waals surface area contributed by atoms with Crippen LogP contribution in [0.1, 0.15) is 21.5 Å². The van der Waals surface area contributed by atoms with Crippen molar-refractivity contribution in [2.75, 3.05) is 0 Å². The van der Waals surface area contributed by atoms with E-state index in [0.717, 1.165) is 9.13 Å². The first-order chi connectivity index (χ1) is 6.06. The van der Waals surface area contributed by atoms with Crippen LogP contribution in [-0.4, -0.2) is 11.1 Å². The summed E-state index contributed by atoms with van der Waals surface area (Å²) < 4.78 is 0.810. The fraction of sp³-hybridized carbons (Fsp3) is 0.111. The molecule has 1 aromatic carbocycles. The van der Waals surface area contributed by atoms with Crippen LogP contribution in [0, 0.1) is 21.8 Å². The van der Waals surface area contributed by atoms with Crippen molar-refractivity contribution < 1.29 is 9.90 Å². The van der Waals surface area contributed by atoms with Gasteiger partial charge in [0.15, 0.2) is 0 Å². The van der Waals surface area contributed by atoms with Crippen molar-refractivity contribution >= 4 is 28.6 Å². The number of hydrogen-bond donors (Lipinski definition) is 1. The van der Waals surface area contributed by atoms with E-state index in [9.17, 15) is 4.79 Å². The van der Waals surface area contributed by atoms with E-state index >= 15 is 0 Å². The Labute approximate surface area is 89.1 Å². The number of aromatic carboxylic acids is 1. The van der Waals surface area contributed by atoms with E-state index in [4.69, 9.17) is 10.4 Å². The van der Waals surface area contributed by atoms with Crippen molar-refractivity contribution in [2.24, 2.45) is 0 Å². The third-order valence-corrected chi connectivity index (χ3v) is 3.05. The van der Waals surface area contributed by atoms with Gasteiger partial charge in [-0.2, -0.15) is 5.26 Å². The molecule has 0 aromatic heterocycles. The van der Waals surface area contributed by atoms with Crippen molar-refractivity contribution in [3.8, 4) is 6.07 Å². The average Bonchev–Trinajstić information content (AvgIpc) is 2.09. The first-order valence-electron chi connectivity index (χ1n) is 3.50. The van der Waals surface area contributed by atoms with E-state index in [0.29, 0.717) is 5.56 Å². The molecule has 13 heavy (non-hydrogen) atoms. The number of rotatable bonds is 1. The van der Waals surface area contributed by atoms with Crippen LogP contribution in [-0.2, 0) is 0 Å². The lowest BCUT2D eigenvalue weighted by Crippen LogP contribution is -1.99. The third-order valence-electron chi connectivity index (χ3n) is 1.62. The number of halogens is 1. The van der Waals surface area contributed by atoms with Crippen LogP contribution < -0.4 is 0 Å². The van der Waals surface area contributed by atoms with Crippen LogP contribution in [0.2, 0.25) is 0 Å². The van der Waals surface area contributed by atoms with E-state index in [1.165, 1.54) is 6.07 Å². The Bertz CT molecular complexity index is 407. The molecule has 3 nitrogen and oxygen atoms in total. The molecule has 0 aliphatic heterocycles. The number of aryl methyl sites for hydroxylation is 1. The van der Waals surface area contributed by atoms with Crippen molar-refractivity contribution in [2.45, 2.75) is 6.92 Å². The molecule has 0 fully saturated rings. The molecule has 1 rings (SSSR count). The number of benzene rings is 1. The van der Waals surface area contributed by atoms with E-state index < -0.39 is 5.97 Å². The zero-order valence-electron chi connectivity index (χ0n) is 6.84. The monoisotopic (exact) mass is 287 g/mol. The number of carbonyl (C=O) groups is 1. The van der Waals surface area contributed by atoms with Crippen molar-refractivity contribution in [3.05, 3.63) is 32.4 Å². The normalized spacial score (nSPS) is 9.31. The zero-order chi connectivity index (χ0) is 10.0. The highest BCUT2D eigenvalue weighted by Crippen LogP contribution is 2.18. The van der Waals surface area contributed by atoms with Crippen molar-refractivity contribution in [1.82, 2.24) is 0 Å². The summed E-state index contributed by atoms with van der Waals surface area (Å²) in [5.74, 6) is -1.00. The number of hydrogen-bond acceptors (Lipinski definition) is 2. The minimum Gasteiger partial charge on any atom is -0.478 e. The van der Waals surface area contributed by atoms with Gasteiger partial charge in [0, 0.05) is 3.57 Å². The summed E-state index contributed by atoms with van der Waals surface area (Å²) >= 11 is 2.03. The first kappa shape index (κ1) is 9.99. The molecule has 0 atom stereocenters. The smallest absolute Gasteiger partial charge is 0.335 e. The zero-order valence-corrected chi connectivity index (χ0v) is 8.99.